The van der Waals surface area contributed by atoms with Crippen molar-refractivity contribution in [1.82, 2.24) is 10.3 Å². The number of benzene rings is 1. The second-order valence-electron chi connectivity index (χ2n) is 4.28. The van der Waals surface area contributed by atoms with Crippen molar-refractivity contribution in [3.63, 3.8) is 0 Å². The first-order chi connectivity index (χ1) is 10.5. The van der Waals surface area contributed by atoms with E-state index < -0.39 is 9.84 Å². The third-order valence-electron chi connectivity index (χ3n) is 2.77. The van der Waals surface area contributed by atoms with E-state index in [9.17, 15) is 8.42 Å². The lowest BCUT2D eigenvalue weighted by Crippen LogP contribution is -2.11. The van der Waals surface area contributed by atoms with Crippen LogP contribution in [0, 0.1) is 11.3 Å². The summed E-state index contributed by atoms with van der Waals surface area (Å²) in [6.45, 7) is 0.322. The van der Waals surface area contributed by atoms with Gasteiger partial charge in [-0.2, -0.15) is 5.26 Å². The zero-order valence-corrected chi connectivity index (χ0v) is 13.0. The monoisotopic (exact) mass is 333 g/mol. The number of halogens is 1. The van der Waals surface area contributed by atoms with Crippen LogP contribution in [0.2, 0.25) is 5.02 Å². The van der Waals surface area contributed by atoms with Gasteiger partial charge in [0.25, 0.3) is 0 Å². The first-order valence-corrected chi connectivity index (χ1v) is 8.14. The number of allylic oxidation sites excluding steroid dienone is 1. The molecule has 5 nitrogen and oxygen atoms in total. The Morgan fingerprint density at radius 2 is 2.00 bits per heavy atom. The molecule has 112 valence electrons. The lowest BCUT2D eigenvalue weighted by molar-refractivity contribution is 0.602. The minimum absolute atomic E-state index is 0.0179. The van der Waals surface area contributed by atoms with Gasteiger partial charge in [0.15, 0.2) is 4.91 Å². The van der Waals surface area contributed by atoms with E-state index in [-0.39, 0.29) is 9.80 Å². The van der Waals surface area contributed by atoms with Gasteiger partial charge >= 0.3 is 0 Å². The van der Waals surface area contributed by atoms with Crippen LogP contribution < -0.4 is 5.32 Å². The Labute approximate surface area is 133 Å². The molecule has 2 rings (SSSR count). The molecule has 0 bridgehead atoms. The zero-order valence-electron chi connectivity index (χ0n) is 11.4. The second-order valence-corrected chi connectivity index (χ2v) is 6.63. The maximum Gasteiger partial charge on any atom is 0.218 e. The fourth-order valence-corrected chi connectivity index (χ4v) is 2.89. The standard InChI is InChI=1S/C15H12ClN3O2S/c16-12-4-6-14(7-5-12)22(20,21)15(9-17)11-18-10-13-3-1-2-8-19-13/h1-8,11,18H,10H2. The first-order valence-electron chi connectivity index (χ1n) is 6.28. The minimum atomic E-state index is -3.86. The van der Waals surface area contributed by atoms with E-state index in [4.69, 9.17) is 16.9 Å². The molecule has 0 fully saturated rings. The van der Waals surface area contributed by atoms with Crippen LogP contribution in [-0.4, -0.2) is 13.4 Å². The van der Waals surface area contributed by atoms with Crippen LogP contribution in [0.4, 0.5) is 0 Å². The molecule has 1 heterocycles. The molecule has 0 aliphatic rings. The molecular weight excluding hydrogens is 322 g/mol. The van der Waals surface area contributed by atoms with Crippen LogP contribution in [0.5, 0.6) is 0 Å². The van der Waals surface area contributed by atoms with Gasteiger partial charge < -0.3 is 5.32 Å². The highest BCUT2D eigenvalue weighted by atomic mass is 35.5. The van der Waals surface area contributed by atoms with Crippen LogP contribution in [0.3, 0.4) is 0 Å². The summed E-state index contributed by atoms with van der Waals surface area (Å²) in [6.07, 6.45) is 2.81. The molecular formula is C15H12ClN3O2S. The quantitative estimate of drug-likeness (QED) is 0.850. The lowest BCUT2D eigenvalue weighted by Gasteiger charge is -2.04. The number of nitriles is 1. The molecule has 1 aromatic carbocycles. The minimum Gasteiger partial charge on any atom is -0.384 e. The average molecular weight is 334 g/mol. The fraction of sp³-hybridized carbons (Fsp3) is 0.0667. The maximum atomic E-state index is 12.3. The maximum absolute atomic E-state index is 12.3. The fourth-order valence-electron chi connectivity index (χ4n) is 1.66. The van der Waals surface area contributed by atoms with Gasteiger partial charge in [0.05, 0.1) is 17.1 Å². The summed E-state index contributed by atoms with van der Waals surface area (Å²) >= 11 is 5.73. The summed E-state index contributed by atoms with van der Waals surface area (Å²) in [6, 6.07) is 12.7. The van der Waals surface area contributed by atoms with E-state index in [0.717, 1.165) is 5.69 Å². The SMILES string of the molecule is N#CC(=CNCc1ccccn1)S(=O)(=O)c1ccc(Cl)cc1. The van der Waals surface area contributed by atoms with E-state index in [1.807, 2.05) is 6.07 Å². The van der Waals surface area contributed by atoms with Crippen molar-refractivity contribution in [2.24, 2.45) is 0 Å². The normalized spacial score (nSPS) is 11.7. The highest BCUT2D eigenvalue weighted by Crippen LogP contribution is 2.20. The summed E-state index contributed by atoms with van der Waals surface area (Å²) in [5.41, 5.74) is 0.736. The highest BCUT2D eigenvalue weighted by Gasteiger charge is 2.20. The van der Waals surface area contributed by atoms with Crippen molar-refractivity contribution in [3.05, 3.63) is 70.5 Å². The van der Waals surface area contributed by atoms with Gasteiger partial charge in [-0.15, -0.1) is 0 Å². The number of hydrogen-bond acceptors (Lipinski definition) is 5. The van der Waals surface area contributed by atoms with Crippen molar-refractivity contribution in [2.75, 3.05) is 0 Å². The number of nitrogens with zero attached hydrogens (tertiary/aromatic N) is 2. The van der Waals surface area contributed by atoms with Crippen molar-refractivity contribution in [3.8, 4) is 6.07 Å². The Kier molecular flexibility index (Phi) is 5.15. The van der Waals surface area contributed by atoms with Gasteiger partial charge in [-0.05, 0) is 36.4 Å². The van der Waals surface area contributed by atoms with Crippen LogP contribution in [0.25, 0.3) is 0 Å². The molecule has 0 unspecified atom stereocenters. The molecule has 0 saturated heterocycles. The molecule has 0 aliphatic heterocycles. The number of pyridine rings is 1. The van der Waals surface area contributed by atoms with Gasteiger partial charge in [0.1, 0.15) is 6.07 Å². The van der Waals surface area contributed by atoms with Gasteiger partial charge in [-0.3, -0.25) is 4.98 Å². The molecule has 1 aromatic heterocycles. The summed E-state index contributed by atoms with van der Waals surface area (Å²) in [7, 11) is -3.86. The largest absolute Gasteiger partial charge is 0.384 e. The van der Waals surface area contributed by atoms with Crippen LogP contribution >= 0.6 is 11.6 Å². The van der Waals surface area contributed by atoms with Crippen molar-refractivity contribution >= 4 is 21.4 Å². The molecule has 0 atom stereocenters. The number of aromatic nitrogens is 1. The van der Waals surface area contributed by atoms with Gasteiger partial charge in [-0.1, -0.05) is 17.7 Å². The summed E-state index contributed by atoms with van der Waals surface area (Å²) < 4.78 is 24.7. The molecule has 22 heavy (non-hydrogen) atoms. The topological polar surface area (TPSA) is 82.8 Å². The zero-order chi connectivity index (χ0) is 16.0. The number of hydrogen-bond donors (Lipinski definition) is 1. The van der Waals surface area contributed by atoms with Gasteiger partial charge in [-0.25, -0.2) is 8.42 Å². The molecule has 2 aromatic rings. The van der Waals surface area contributed by atoms with Crippen LogP contribution in [-0.2, 0) is 16.4 Å². The molecule has 1 N–H and O–H groups in total. The van der Waals surface area contributed by atoms with E-state index >= 15 is 0 Å². The average Bonchev–Trinajstić information content (AvgIpc) is 2.53. The second kappa shape index (κ2) is 7.07. The molecule has 0 aliphatic carbocycles. The Balaban J connectivity index is 2.18. The predicted molar refractivity (Wildman–Crippen MR) is 83.4 cm³/mol. The van der Waals surface area contributed by atoms with E-state index in [2.05, 4.69) is 10.3 Å². The summed E-state index contributed by atoms with van der Waals surface area (Å²) in [5, 5.41) is 12.3. The molecule has 0 saturated carbocycles. The van der Waals surface area contributed by atoms with Gasteiger partial charge in [0.2, 0.25) is 9.84 Å². The Morgan fingerprint density at radius 3 is 2.59 bits per heavy atom. The first kappa shape index (κ1) is 16.0. The lowest BCUT2D eigenvalue weighted by atomic mass is 10.3. The van der Waals surface area contributed by atoms with Crippen LogP contribution in [0.15, 0.2) is 64.7 Å². The summed E-state index contributed by atoms with van der Waals surface area (Å²) in [4.78, 5) is 3.74. The Hall–Kier alpha value is -2.36. The van der Waals surface area contributed by atoms with E-state index in [1.165, 1.54) is 30.5 Å². The molecule has 0 radical (unpaired) electrons. The Morgan fingerprint density at radius 1 is 1.27 bits per heavy atom. The van der Waals surface area contributed by atoms with E-state index in [0.29, 0.717) is 11.6 Å². The third-order valence-corrected chi connectivity index (χ3v) is 4.70. The Bertz CT molecular complexity index is 810. The number of rotatable bonds is 5. The molecule has 0 amide bonds. The van der Waals surface area contributed by atoms with Crippen molar-refractivity contribution < 1.29 is 8.42 Å². The van der Waals surface area contributed by atoms with E-state index in [1.54, 1.807) is 24.4 Å². The third kappa shape index (κ3) is 3.85. The molecule has 0 spiro atoms. The predicted octanol–water partition coefficient (Wildman–Crippen LogP) is 2.66. The van der Waals surface area contributed by atoms with Crippen molar-refractivity contribution in [1.29, 1.82) is 5.26 Å². The smallest absolute Gasteiger partial charge is 0.218 e. The summed E-state index contributed by atoms with van der Waals surface area (Å²) in [5.74, 6) is 0. The van der Waals surface area contributed by atoms with Gasteiger partial charge in [0, 0.05) is 17.4 Å². The number of nitrogens with one attached hydrogen (secondary N) is 1. The van der Waals surface area contributed by atoms with Crippen molar-refractivity contribution in [2.45, 2.75) is 11.4 Å². The molecule has 7 heteroatoms. The van der Waals surface area contributed by atoms with Crippen LogP contribution in [0.1, 0.15) is 5.69 Å². The highest BCUT2D eigenvalue weighted by molar-refractivity contribution is 7.95. The number of sulfone groups is 1.